The second-order valence-electron chi connectivity index (χ2n) is 4.96. The zero-order valence-corrected chi connectivity index (χ0v) is 12.4. The van der Waals surface area contributed by atoms with E-state index in [0.717, 1.165) is 11.1 Å². The summed E-state index contributed by atoms with van der Waals surface area (Å²) in [5, 5.41) is 13.8. The molecule has 3 heteroatoms. The summed E-state index contributed by atoms with van der Waals surface area (Å²) < 4.78 is 5.14. The van der Waals surface area contributed by atoms with E-state index in [1.165, 1.54) is 0 Å². The first-order valence-corrected chi connectivity index (χ1v) is 6.96. The third kappa shape index (κ3) is 3.64. The van der Waals surface area contributed by atoms with Crippen molar-refractivity contribution >= 4 is 0 Å². The van der Waals surface area contributed by atoms with Gasteiger partial charge >= 0.3 is 0 Å². The van der Waals surface area contributed by atoms with Crippen LogP contribution in [-0.2, 0) is 0 Å². The van der Waals surface area contributed by atoms with Crippen molar-refractivity contribution in [2.24, 2.45) is 0 Å². The molecule has 2 rings (SSSR count). The van der Waals surface area contributed by atoms with Gasteiger partial charge in [0.25, 0.3) is 0 Å². The molecule has 2 unspecified atom stereocenters. The van der Waals surface area contributed by atoms with Gasteiger partial charge in [-0.2, -0.15) is 0 Å². The summed E-state index contributed by atoms with van der Waals surface area (Å²) >= 11 is 0. The molecule has 0 fully saturated rings. The van der Waals surface area contributed by atoms with E-state index in [4.69, 9.17) is 4.74 Å². The number of benzene rings is 2. The third-order valence-corrected chi connectivity index (χ3v) is 3.46. The Labute approximate surface area is 125 Å². The van der Waals surface area contributed by atoms with Crippen LogP contribution in [0.15, 0.2) is 61.2 Å². The van der Waals surface area contributed by atoms with E-state index >= 15 is 0 Å². The predicted octanol–water partition coefficient (Wildman–Crippen LogP) is 3.65. The summed E-state index contributed by atoms with van der Waals surface area (Å²) in [6, 6.07) is 15.4. The van der Waals surface area contributed by atoms with E-state index in [-0.39, 0.29) is 17.8 Å². The fraction of sp³-hybridized carbons (Fsp3) is 0.222. The van der Waals surface area contributed by atoms with Gasteiger partial charge < -0.3 is 15.2 Å². The Morgan fingerprint density at radius 2 is 1.90 bits per heavy atom. The lowest BCUT2D eigenvalue weighted by Gasteiger charge is -2.23. The standard InChI is InChI=1S/C18H21NO2/c1-4-13(2)19-18(14-8-6-5-7-9-14)16-11-10-15(21-3)12-17(16)20/h4-13,18-20H,1H2,2-3H3. The van der Waals surface area contributed by atoms with Crippen LogP contribution in [0.5, 0.6) is 11.5 Å². The monoisotopic (exact) mass is 283 g/mol. The molecule has 2 aromatic carbocycles. The van der Waals surface area contributed by atoms with E-state index in [9.17, 15) is 5.11 Å². The van der Waals surface area contributed by atoms with Gasteiger partial charge in [0.1, 0.15) is 11.5 Å². The fourth-order valence-electron chi connectivity index (χ4n) is 2.24. The second kappa shape index (κ2) is 6.95. The van der Waals surface area contributed by atoms with Crippen LogP contribution in [0.2, 0.25) is 0 Å². The molecule has 0 amide bonds. The van der Waals surface area contributed by atoms with Gasteiger partial charge in [0, 0.05) is 17.7 Å². The number of phenolic OH excluding ortho intramolecular Hbond substituents is 1. The Balaban J connectivity index is 2.42. The third-order valence-electron chi connectivity index (χ3n) is 3.46. The smallest absolute Gasteiger partial charge is 0.124 e. The Morgan fingerprint density at radius 3 is 2.48 bits per heavy atom. The van der Waals surface area contributed by atoms with E-state index in [1.54, 1.807) is 13.2 Å². The fourth-order valence-corrected chi connectivity index (χ4v) is 2.24. The van der Waals surface area contributed by atoms with Gasteiger partial charge in [-0.3, -0.25) is 0 Å². The molecule has 0 heterocycles. The minimum absolute atomic E-state index is 0.106. The number of methoxy groups -OCH3 is 1. The highest BCUT2D eigenvalue weighted by Gasteiger charge is 2.19. The van der Waals surface area contributed by atoms with Gasteiger partial charge in [0.2, 0.25) is 0 Å². The highest BCUT2D eigenvalue weighted by molar-refractivity contribution is 5.45. The minimum atomic E-state index is -0.106. The number of nitrogens with one attached hydrogen (secondary N) is 1. The number of hydrogen-bond acceptors (Lipinski definition) is 3. The molecule has 0 saturated heterocycles. The van der Waals surface area contributed by atoms with Crippen molar-refractivity contribution in [3.8, 4) is 11.5 Å². The van der Waals surface area contributed by atoms with Gasteiger partial charge in [-0.05, 0) is 24.6 Å². The van der Waals surface area contributed by atoms with Crippen molar-refractivity contribution in [1.82, 2.24) is 5.32 Å². The highest BCUT2D eigenvalue weighted by atomic mass is 16.5. The summed E-state index contributed by atoms with van der Waals surface area (Å²) in [5.74, 6) is 0.854. The molecule has 2 atom stereocenters. The van der Waals surface area contributed by atoms with Gasteiger partial charge in [-0.15, -0.1) is 6.58 Å². The molecular weight excluding hydrogens is 262 g/mol. The van der Waals surface area contributed by atoms with Crippen LogP contribution in [0.25, 0.3) is 0 Å². The summed E-state index contributed by atoms with van der Waals surface area (Å²) in [4.78, 5) is 0. The van der Waals surface area contributed by atoms with Gasteiger partial charge in [0.15, 0.2) is 0 Å². The molecule has 2 aromatic rings. The molecule has 0 aliphatic heterocycles. The number of phenols is 1. The Kier molecular flexibility index (Phi) is 5.01. The summed E-state index contributed by atoms with van der Waals surface area (Å²) in [5.41, 5.74) is 1.90. The van der Waals surface area contributed by atoms with Crippen LogP contribution >= 0.6 is 0 Å². The quantitative estimate of drug-likeness (QED) is 0.795. The molecule has 110 valence electrons. The molecule has 0 aromatic heterocycles. The predicted molar refractivity (Wildman–Crippen MR) is 85.7 cm³/mol. The van der Waals surface area contributed by atoms with Crippen molar-refractivity contribution in [2.45, 2.75) is 19.0 Å². The van der Waals surface area contributed by atoms with Crippen molar-refractivity contribution in [2.75, 3.05) is 7.11 Å². The lowest BCUT2D eigenvalue weighted by atomic mass is 9.97. The van der Waals surface area contributed by atoms with Crippen molar-refractivity contribution in [3.63, 3.8) is 0 Å². The van der Waals surface area contributed by atoms with E-state index in [1.807, 2.05) is 55.5 Å². The SMILES string of the molecule is C=CC(C)NC(c1ccccc1)c1ccc(OC)cc1O. The van der Waals surface area contributed by atoms with Gasteiger partial charge in [-0.1, -0.05) is 36.4 Å². The van der Waals surface area contributed by atoms with Crippen molar-refractivity contribution in [3.05, 3.63) is 72.3 Å². The highest BCUT2D eigenvalue weighted by Crippen LogP contribution is 2.32. The molecule has 0 bridgehead atoms. The van der Waals surface area contributed by atoms with Crippen LogP contribution in [0.4, 0.5) is 0 Å². The maximum absolute atomic E-state index is 10.3. The number of hydrogen-bond donors (Lipinski definition) is 2. The molecule has 0 radical (unpaired) electrons. The first kappa shape index (κ1) is 15.1. The normalized spacial score (nSPS) is 13.4. The Bertz CT molecular complexity index is 595. The molecule has 0 aliphatic carbocycles. The molecule has 0 spiro atoms. The minimum Gasteiger partial charge on any atom is -0.507 e. The Morgan fingerprint density at radius 1 is 1.19 bits per heavy atom. The number of rotatable bonds is 6. The average molecular weight is 283 g/mol. The molecule has 0 aliphatic rings. The maximum Gasteiger partial charge on any atom is 0.124 e. The van der Waals surface area contributed by atoms with E-state index in [2.05, 4.69) is 11.9 Å². The Hall–Kier alpha value is -2.26. The summed E-state index contributed by atoms with van der Waals surface area (Å²) in [6.45, 7) is 5.84. The second-order valence-corrected chi connectivity index (χ2v) is 4.96. The van der Waals surface area contributed by atoms with Crippen LogP contribution in [0.1, 0.15) is 24.1 Å². The topological polar surface area (TPSA) is 41.5 Å². The van der Waals surface area contributed by atoms with E-state index < -0.39 is 0 Å². The van der Waals surface area contributed by atoms with Crippen LogP contribution in [0.3, 0.4) is 0 Å². The molecule has 3 nitrogen and oxygen atoms in total. The lowest BCUT2D eigenvalue weighted by Crippen LogP contribution is -2.29. The van der Waals surface area contributed by atoms with Crippen LogP contribution in [0, 0.1) is 0 Å². The molecule has 2 N–H and O–H groups in total. The summed E-state index contributed by atoms with van der Waals surface area (Å²) in [7, 11) is 1.58. The van der Waals surface area contributed by atoms with E-state index in [0.29, 0.717) is 5.75 Å². The lowest BCUT2D eigenvalue weighted by molar-refractivity contribution is 0.404. The first-order valence-electron chi connectivity index (χ1n) is 6.96. The van der Waals surface area contributed by atoms with Crippen LogP contribution < -0.4 is 10.1 Å². The van der Waals surface area contributed by atoms with Crippen molar-refractivity contribution < 1.29 is 9.84 Å². The summed E-state index contributed by atoms with van der Waals surface area (Å²) in [6.07, 6.45) is 1.84. The first-order chi connectivity index (χ1) is 10.2. The van der Waals surface area contributed by atoms with Crippen molar-refractivity contribution in [1.29, 1.82) is 0 Å². The maximum atomic E-state index is 10.3. The largest absolute Gasteiger partial charge is 0.507 e. The zero-order chi connectivity index (χ0) is 15.2. The van der Waals surface area contributed by atoms with Gasteiger partial charge in [0.05, 0.1) is 13.2 Å². The molecule has 0 saturated carbocycles. The number of ether oxygens (including phenoxy) is 1. The number of aromatic hydroxyl groups is 1. The van der Waals surface area contributed by atoms with Gasteiger partial charge in [-0.25, -0.2) is 0 Å². The van der Waals surface area contributed by atoms with Crippen LogP contribution in [-0.4, -0.2) is 18.3 Å². The zero-order valence-electron chi connectivity index (χ0n) is 12.4. The molecule has 21 heavy (non-hydrogen) atoms. The molecular formula is C18H21NO2. The average Bonchev–Trinajstić information content (AvgIpc) is 2.53.